The molecule has 0 atom stereocenters. The Morgan fingerprint density at radius 3 is 2.31 bits per heavy atom. The summed E-state index contributed by atoms with van der Waals surface area (Å²) in [6, 6.07) is 10.7. The Hall–Kier alpha value is -1.57. The van der Waals surface area contributed by atoms with Crippen molar-refractivity contribution in [1.82, 2.24) is 4.90 Å². The summed E-state index contributed by atoms with van der Waals surface area (Å²) in [4.78, 5) is 2.59. The first kappa shape index (κ1) is 19.2. The van der Waals surface area contributed by atoms with Crippen molar-refractivity contribution in [1.29, 1.82) is 5.26 Å². The molecule has 2 heterocycles. The number of likely N-dealkylation sites (tertiary alicyclic amines) is 1. The molecule has 3 rings (SSSR count). The summed E-state index contributed by atoms with van der Waals surface area (Å²) in [5.74, 6) is 0.904. The molecular weight excluding hydrogens is 324 g/mol. The zero-order chi connectivity index (χ0) is 18.1. The Bertz CT molecular complexity index is 565. The second-order valence-corrected chi connectivity index (χ2v) is 7.64. The molecular formula is C22H32N2O2. The molecule has 142 valence electrons. The van der Waals surface area contributed by atoms with Gasteiger partial charge in [-0.2, -0.15) is 5.26 Å². The molecule has 1 aromatic carbocycles. The van der Waals surface area contributed by atoms with Crippen molar-refractivity contribution in [3.05, 3.63) is 29.8 Å². The fourth-order valence-corrected chi connectivity index (χ4v) is 4.07. The van der Waals surface area contributed by atoms with Gasteiger partial charge < -0.3 is 14.4 Å². The first-order valence-electron chi connectivity index (χ1n) is 10.3. The molecule has 0 unspecified atom stereocenters. The van der Waals surface area contributed by atoms with Crippen LogP contribution in [0.4, 0.5) is 0 Å². The molecule has 0 aliphatic carbocycles. The number of hydrogen-bond donors (Lipinski definition) is 0. The molecule has 0 amide bonds. The second kappa shape index (κ2) is 9.94. The molecule has 2 fully saturated rings. The maximum atomic E-state index is 9.66. The third-order valence-corrected chi connectivity index (χ3v) is 5.80. The van der Waals surface area contributed by atoms with Crippen LogP contribution < -0.4 is 4.74 Å². The van der Waals surface area contributed by atoms with Crippen LogP contribution in [0.1, 0.15) is 56.9 Å². The minimum absolute atomic E-state index is 0.387. The largest absolute Gasteiger partial charge is 0.494 e. The summed E-state index contributed by atoms with van der Waals surface area (Å²) < 4.78 is 11.3. The Balaban J connectivity index is 1.43. The minimum Gasteiger partial charge on any atom is -0.494 e. The summed E-state index contributed by atoms with van der Waals surface area (Å²) in [5.41, 5.74) is 0.707. The summed E-state index contributed by atoms with van der Waals surface area (Å²) in [6.07, 6.45) is 9.49. The molecule has 0 saturated carbocycles. The number of rotatable bonds is 6. The van der Waals surface area contributed by atoms with Crippen molar-refractivity contribution in [2.45, 2.75) is 56.8 Å². The Morgan fingerprint density at radius 1 is 1.00 bits per heavy atom. The molecule has 0 aromatic heterocycles. The number of nitriles is 1. The van der Waals surface area contributed by atoms with Gasteiger partial charge in [-0.15, -0.1) is 0 Å². The van der Waals surface area contributed by atoms with Gasteiger partial charge in [-0.25, -0.2) is 0 Å². The van der Waals surface area contributed by atoms with E-state index in [1.807, 2.05) is 12.1 Å². The third-order valence-electron chi connectivity index (χ3n) is 5.80. The summed E-state index contributed by atoms with van der Waals surface area (Å²) in [7, 11) is 0. The standard InChI is InChI=1S/C22H32N2O2/c23-19-22(11-17-25-18-12-22)20-7-9-21(10-8-20)26-16-6-15-24-13-4-2-1-3-5-14-24/h7-10H,1-6,11-18H2. The van der Waals surface area contributed by atoms with E-state index < -0.39 is 0 Å². The molecule has 0 bridgehead atoms. The van der Waals surface area contributed by atoms with E-state index in [1.165, 1.54) is 45.2 Å². The van der Waals surface area contributed by atoms with Crippen LogP contribution in [0.15, 0.2) is 24.3 Å². The van der Waals surface area contributed by atoms with Crippen LogP contribution in [-0.4, -0.2) is 44.4 Å². The van der Waals surface area contributed by atoms with Crippen molar-refractivity contribution in [2.24, 2.45) is 0 Å². The highest BCUT2D eigenvalue weighted by Crippen LogP contribution is 2.34. The van der Waals surface area contributed by atoms with Gasteiger partial charge >= 0.3 is 0 Å². The fourth-order valence-electron chi connectivity index (χ4n) is 4.07. The molecule has 2 aliphatic rings. The molecule has 2 aliphatic heterocycles. The Morgan fingerprint density at radius 2 is 1.65 bits per heavy atom. The number of hydrogen-bond acceptors (Lipinski definition) is 4. The molecule has 4 nitrogen and oxygen atoms in total. The lowest BCUT2D eigenvalue weighted by molar-refractivity contribution is 0.0675. The zero-order valence-corrected chi connectivity index (χ0v) is 15.9. The summed E-state index contributed by atoms with van der Waals surface area (Å²) in [5, 5.41) is 9.66. The first-order chi connectivity index (χ1) is 12.8. The van der Waals surface area contributed by atoms with Gasteiger partial charge in [0.25, 0.3) is 0 Å². The van der Waals surface area contributed by atoms with E-state index in [0.717, 1.165) is 43.7 Å². The van der Waals surface area contributed by atoms with Crippen molar-refractivity contribution in [2.75, 3.05) is 39.5 Å². The quantitative estimate of drug-likeness (QED) is 0.713. The van der Waals surface area contributed by atoms with E-state index in [9.17, 15) is 5.26 Å². The van der Waals surface area contributed by atoms with Crippen LogP contribution in [0.3, 0.4) is 0 Å². The van der Waals surface area contributed by atoms with Gasteiger partial charge in [0, 0.05) is 19.8 Å². The monoisotopic (exact) mass is 356 g/mol. The van der Waals surface area contributed by atoms with Gasteiger partial charge in [0.1, 0.15) is 5.75 Å². The van der Waals surface area contributed by atoms with E-state index >= 15 is 0 Å². The first-order valence-corrected chi connectivity index (χ1v) is 10.3. The van der Waals surface area contributed by atoms with Crippen molar-refractivity contribution in [3.63, 3.8) is 0 Å². The molecule has 26 heavy (non-hydrogen) atoms. The van der Waals surface area contributed by atoms with Gasteiger partial charge in [0.2, 0.25) is 0 Å². The van der Waals surface area contributed by atoms with Crippen molar-refractivity contribution in [3.8, 4) is 11.8 Å². The van der Waals surface area contributed by atoms with Crippen LogP contribution >= 0.6 is 0 Å². The van der Waals surface area contributed by atoms with Crippen LogP contribution in [0.25, 0.3) is 0 Å². The second-order valence-electron chi connectivity index (χ2n) is 7.64. The van der Waals surface area contributed by atoms with E-state index in [1.54, 1.807) is 0 Å². The molecule has 0 N–H and O–H groups in total. The minimum atomic E-state index is -0.387. The highest BCUT2D eigenvalue weighted by molar-refractivity contribution is 5.37. The highest BCUT2D eigenvalue weighted by atomic mass is 16.5. The molecule has 1 aromatic rings. The number of benzene rings is 1. The molecule has 2 saturated heterocycles. The molecule has 4 heteroatoms. The lowest BCUT2D eigenvalue weighted by Gasteiger charge is -2.31. The van der Waals surface area contributed by atoms with E-state index in [2.05, 4.69) is 23.1 Å². The predicted octanol–water partition coefficient (Wildman–Crippen LogP) is 4.29. The van der Waals surface area contributed by atoms with Crippen molar-refractivity contribution < 1.29 is 9.47 Å². The maximum Gasteiger partial charge on any atom is 0.119 e. The van der Waals surface area contributed by atoms with E-state index in [0.29, 0.717) is 13.2 Å². The predicted molar refractivity (Wildman–Crippen MR) is 103 cm³/mol. The number of nitrogens with zero attached hydrogens (tertiary/aromatic N) is 2. The Kier molecular flexibility index (Phi) is 7.34. The van der Waals surface area contributed by atoms with Crippen LogP contribution in [0, 0.1) is 11.3 Å². The average Bonchev–Trinajstić information content (AvgIpc) is 2.67. The van der Waals surface area contributed by atoms with Crippen LogP contribution in [-0.2, 0) is 10.2 Å². The lowest BCUT2D eigenvalue weighted by atomic mass is 9.75. The molecule has 0 spiro atoms. The average molecular weight is 357 g/mol. The van der Waals surface area contributed by atoms with Gasteiger partial charge in [0.15, 0.2) is 0 Å². The normalized spacial score (nSPS) is 21.3. The third kappa shape index (κ3) is 5.22. The van der Waals surface area contributed by atoms with E-state index in [4.69, 9.17) is 9.47 Å². The van der Waals surface area contributed by atoms with Crippen LogP contribution in [0.5, 0.6) is 5.75 Å². The molecule has 0 radical (unpaired) electrons. The zero-order valence-electron chi connectivity index (χ0n) is 15.9. The fraction of sp³-hybridized carbons (Fsp3) is 0.682. The SMILES string of the molecule is N#CC1(c2ccc(OCCCN3CCCCCCC3)cc2)CCOCC1. The smallest absolute Gasteiger partial charge is 0.119 e. The Labute approximate surface area is 158 Å². The highest BCUT2D eigenvalue weighted by Gasteiger charge is 2.34. The van der Waals surface area contributed by atoms with Gasteiger partial charge in [-0.05, 0) is 62.9 Å². The number of ether oxygens (including phenoxy) is 2. The van der Waals surface area contributed by atoms with Gasteiger partial charge in [-0.3, -0.25) is 0 Å². The maximum absolute atomic E-state index is 9.66. The summed E-state index contributed by atoms with van der Waals surface area (Å²) in [6.45, 7) is 5.72. The topological polar surface area (TPSA) is 45.5 Å². The summed E-state index contributed by atoms with van der Waals surface area (Å²) >= 11 is 0. The van der Waals surface area contributed by atoms with Crippen LogP contribution in [0.2, 0.25) is 0 Å². The van der Waals surface area contributed by atoms with E-state index in [-0.39, 0.29) is 5.41 Å². The van der Waals surface area contributed by atoms with Crippen molar-refractivity contribution >= 4 is 0 Å². The van der Waals surface area contributed by atoms with Gasteiger partial charge in [0.05, 0.1) is 18.1 Å². The lowest BCUT2D eigenvalue weighted by Crippen LogP contribution is -2.32. The van der Waals surface area contributed by atoms with Gasteiger partial charge in [-0.1, -0.05) is 31.4 Å².